The van der Waals surface area contributed by atoms with Crippen molar-refractivity contribution in [1.82, 2.24) is 0 Å². The normalized spacial score (nSPS) is 47.5. The van der Waals surface area contributed by atoms with Gasteiger partial charge in [-0.3, -0.25) is 14.4 Å². The third-order valence-corrected chi connectivity index (χ3v) is 9.29. The van der Waals surface area contributed by atoms with E-state index in [0.717, 1.165) is 32.1 Å². The molecule has 4 aliphatic carbocycles. The van der Waals surface area contributed by atoms with Crippen molar-refractivity contribution in [3.05, 3.63) is 11.6 Å². The fourth-order valence-electron chi connectivity index (χ4n) is 8.05. The van der Waals surface area contributed by atoms with E-state index in [1.165, 1.54) is 12.5 Å². The minimum absolute atomic E-state index is 0.00469. The first-order chi connectivity index (χ1) is 13.0. The van der Waals surface area contributed by atoms with Crippen molar-refractivity contribution in [2.24, 2.45) is 34.5 Å². The highest BCUT2D eigenvalue weighted by Crippen LogP contribution is 2.69. The molecule has 0 aliphatic heterocycles. The summed E-state index contributed by atoms with van der Waals surface area (Å²) >= 11 is 0. The Labute approximate surface area is 168 Å². The molecule has 0 bridgehead atoms. The second-order valence-electron chi connectivity index (χ2n) is 10.5. The lowest BCUT2D eigenvalue weighted by Crippen LogP contribution is -2.59. The van der Waals surface area contributed by atoms with Gasteiger partial charge in [0, 0.05) is 18.8 Å². The summed E-state index contributed by atoms with van der Waals surface area (Å²) in [6.07, 6.45) is 8.19. The van der Waals surface area contributed by atoms with Crippen LogP contribution in [0.3, 0.4) is 0 Å². The predicted octanol–water partition coefficient (Wildman–Crippen LogP) is 4.66. The highest BCUT2D eigenvalue weighted by molar-refractivity contribution is 5.92. The molecule has 4 rings (SSSR count). The molecule has 154 valence electrons. The van der Waals surface area contributed by atoms with Gasteiger partial charge in [-0.15, -0.1) is 0 Å². The largest absolute Gasteiger partial charge is 0.451 e. The molecule has 7 atom stereocenters. The second kappa shape index (κ2) is 6.27. The number of hydrogen-bond acceptors (Lipinski definition) is 4. The maximum atomic E-state index is 12.8. The van der Waals surface area contributed by atoms with Crippen LogP contribution in [0, 0.1) is 34.5 Å². The Morgan fingerprint density at radius 3 is 2.39 bits per heavy atom. The molecule has 28 heavy (non-hydrogen) atoms. The highest BCUT2D eigenvalue weighted by Gasteiger charge is 2.68. The first kappa shape index (κ1) is 19.8. The molecule has 0 radical (unpaired) electrons. The molecule has 3 saturated carbocycles. The molecule has 0 N–H and O–H groups in total. The van der Waals surface area contributed by atoms with Crippen LogP contribution < -0.4 is 0 Å². The summed E-state index contributed by atoms with van der Waals surface area (Å²) in [5.74, 6) is 1.82. The topological polar surface area (TPSA) is 60.4 Å². The molecule has 4 heteroatoms. The third-order valence-electron chi connectivity index (χ3n) is 9.29. The van der Waals surface area contributed by atoms with Crippen molar-refractivity contribution in [2.75, 3.05) is 0 Å². The molecule has 0 amide bonds. The van der Waals surface area contributed by atoms with E-state index in [9.17, 15) is 14.4 Å². The summed E-state index contributed by atoms with van der Waals surface area (Å²) in [7, 11) is 0. The fourth-order valence-corrected chi connectivity index (χ4v) is 8.05. The van der Waals surface area contributed by atoms with E-state index in [0.29, 0.717) is 36.5 Å². The fraction of sp³-hybridized carbons (Fsp3) is 0.792. The zero-order chi connectivity index (χ0) is 20.5. The average molecular weight is 390 g/mol. The van der Waals surface area contributed by atoms with Crippen molar-refractivity contribution in [3.8, 4) is 0 Å². The van der Waals surface area contributed by atoms with Gasteiger partial charge in [0.2, 0.25) is 0 Å². The number of allylic oxidation sites excluding steroid dienone is 1. The summed E-state index contributed by atoms with van der Waals surface area (Å²) in [5.41, 5.74) is 0.218. The number of hydrogen-bond donors (Lipinski definition) is 0. The van der Waals surface area contributed by atoms with E-state index < -0.39 is 5.60 Å². The molecule has 0 aromatic rings. The molecule has 4 nitrogen and oxygen atoms in total. The maximum Gasteiger partial charge on any atom is 0.303 e. The van der Waals surface area contributed by atoms with Crippen LogP contribution >= 0.6 is 0 Å². The van der Waals surface area contributed by atoms with E-state index >= 15 is 0 Å². The minimum Gasteiger partial charge on any atom is -0.451 e. The summed E-state index contributed by atoms with van der Waals surface area (Å²) in [5, 5.41) is 0. The molecule has 0 heterocycles. The number of carbonyl (C=O) groups is 3. The summed E-state index contributed by atoms with van der Waals surface area (Å²) in [6, 6.07) is 0. The van der Waals surface area contributed by atoms with E-state index in [1.54, 1.807) is 6.92 Å². The van der Waals surface area contributed by atoms with Crippen LogP contribution in [0.2, 0.25) is 0 Å². The van der Waals surface area contributed by atoms with Crippen LogP contribution in [0.4, 0.5) is 0 Å². The average Bonchev–Trinajstić information content (AvgIpc) is 2.90. The van der Waals surface area contributed by atoms with Crippen LogP contribution in [0.25, 0.3) is 0 Å². The lowest BCUT2D eigenvalue weighted by atomic mass is 9.45. The molecular formula is C24H34O4. The lowest BCUT2D eigenvalue weighted by molar-refractivity contribution is -0.187. The molecule has 0 spiro atoms. The molecule has 3 fully saturated rings. The van der Waals surface area contributed by atoms with Crippen molar-refractivity contribution >= 4 is 17.5 Å². The SMILES string of the molecule is CC(=O)[C@@]1(O[13C]([13CH3])=O)CCC2C3C[C@H]([13CH3])C4=CC(=O)CCC4(C)C3CCC21C. The smallest absolute Gasteiger partial charge is 0.303 e. The van der Waals surface area contributed by atoms with Crippen molar-refractivity contribution < 1.29 is 19.1 Å². The first-order valence-electron chi connectivity index (χ1n) is 11.0. The van der Waals surface area contributed by atoms with Gasteiger partial charge in [0.1, 0.15) is 0 Å². The van der Waals surface area contributed by atoms with E-state index in [1.807, 2.05) is 6.08 Å². The van der Waals surface area contributed by atoms with Gasteiger partial charge in [0.15, 0.2) is 17.2 Å². The maximum absolute atomic E-state index is 12.8. The Hall–Kier alpha value is -1.45. The van der Waals surface area contributed by atoms with Crippen molar-refractivity contribution in [3.63, 3.8) is 0 Å². The van der Waals surface area contributed by atoms with Crippen molar-refractivity contribution in [2.45, 2.75) is 85.2 Å². The van der Waals surface area contributed by atoms with Crippen LogP contribution in [0.5, 0.6) is 0 Å². The van der Waals surface area contributed by atoms with Gasteiger partial charge in [0.05, 0.1) is 0 Å². The Balaban J connectivity index is 1.73. The number of rotatable bonds is 2. The molecular weight excluding hydrogens is 355 g/mol. The van der Waals surface area contributed by atoms with Gasteiger partial charge >= 0.3 is 5.97 Å². The van der Waals surface area contributed by atoms with Gasteiger partial charge in [0.25, 0.3) is 0 Å². The molecule has 4 aliphatic rings. The number of fused-ring (bicyclic) bond motifs is 5. The Morgan fingerprint density at radius 1 is 1.07 bits per heavy atom. The highest BCUT2D eigenvalue weighted by atomic mass is 16.6. The molecule has 5 unspecified atom stereocenters. The van der Waals surface area contributed by atoms with E-state index in [2.05, 4.69) is 20.8 Å². The van der Waals surface area contributed by atoms with Gasteiger partial charge in [-0.1, -0.05) is 26.3 Å². The predicted molar refractivity (Wildman–Crippen MR) is 106 cm³/mol. The number of Topliss-reactive ketones (excluding diaryl/α,β-unsaturated/α-hetero) is 1. The van der Waals surface area contributed by atoms with Crippen molar-refractivity contribution in [1.29, 1.82) is 0 Å². The Kier molecular flexibility index (Phi) is 4.45. The zero-order valence-corrected chi connectivity index (χ0v) is 18.0. The summed E-state index contributed by atoms with van der Waals surface area (Å²) in [4.78, 5) is 36.8. The first-order valence-corrected chi connectivity index (χ1v) is 11.0. The monoisotopic (exact) mass is 389 g/mol. The zero-order valence-electron chi connectivity index (χ0n) is 18.0. The van der Waals surface area contributed by atoms with E-state index in [4.69, 9.17) is 4.74 Å². The third kappa shape index (κ3) is 2.45. The minimum atomic E-state index is -0.961. The van der Waals surface area contributed by atoms with Crippen LogP contribution in [0.15, 0.2) is 11.6 Å². The number of carbonyl (C=O) groups excluding carboxylic acids is 3. The summed E-state index contributed by atoms with van der Waals surface area (Å²) in [6.45, 7) is 9.87. The van der Waals surface area contributed by atoms with Gasteiger partial charge in [-0.2, -0.15) is 0 Å². The van der Waals surface area contributed by atoms with Gasteiger partial charge in [-0.05, 0) is 80.6 Å². The molecule has 0 aromatic carbocycles. The number of esters is 1. The quantitative estimate of drug-likeness (QED) is 0.509. The van der Waals surface area contributed by atoms with Gasteiger partial charge in [-0.25, -0.2) is 0 Å². The van der Waals surface area contributed by atoms with Gasteiger partial charge < -0.3 is 4.74 Å². The lowest BCUT2D eigenvalue weighted by Gasteiger charge is -2.60. The number of ether oxygens (including phenoxy) is 1. The summed E-state index contributed by atoms with van der Waals surface area (Å²) < 4.78 is 5.84. The molecule has 0 aromatic heterocycles. The molecule has 0 saturated heterocycles. The van der Waals surface area contributed by atoms with Crippen LogP contribution in [-0.2, 0) is 19.1 Å². The Bertz CT molecular complexity index is 767. The Morgan fingerprint density at radius 2 is 1.75 bits per heavy atom. The van der Waals surface area contributed by atoms with Crippen LogP contribution in [0.1, 0.15) is 79.6 Å². The van der Waals surface area contributed by atoms with E-state index in [-0.39, 0.29) is 28.4 Å². The number of ketones is 2. The second-order valence-corrected chi connectivity index (χ2v) is 10.5. The van der Waals surface area contributed by atoms with Crippen LogP contribution in [-0.4, -0.2) is 23.1 Å². The standard InChI is InChI=1S/C24H34O4/c1-14-12-18-19(22(4)9-6-17(27)13-21(14)22)7-10-23(5)20(18)8-11-24(23,15(2)25)28-16(3)26/h13-14,18-20H,6-12H2,1-5H3/t14-,18?,19?,20?,22?,23?,24-/m0/s1/i1+1,3+1,16+1.